The van der Waals surface area contributed by atoms with Crippen molar-refractivity contribution in [1.82, 2.24) is 0 Å². The Balaban J connectivity index is 2.01. The molecule has 3 nitrogen and oxygen atoms in total. The van der Waals surface area contributed by atoms with Gasteiger partial charge in [-0.2, -0.15) is 5.26 Å². The standard InChI is InChI=1S/C15H12FNO2S2/c16-13-4-6-14(7-5-13)20-8-9-21(18,19)15-3-1-2-12(10-15)11-17/h1-7,10H,8-9H2. The van der Waals surface area contributed by atoms with Crippen LogP contribution in [0.4, 0.5) is 4.39 Å². The highest BCUT2D eigenvalue weighted by molar-refractivity contribution is 8.00. The van der Waals surface area contributed by atoms with Gasteiger partial charge in [0.2, 0.25) is 0 Å². The lowest BCUT2D eigenvalue weighted by Crippen LogP contribution is -2.09. The summed E-state index contributed by atoms with van der Waals surface area (Å²) in [5, 5.41) is 8.80. The Morgan fingerprint density at radius 2 is 1.86 bits per heavy atom. The van der Waals surface area contributed by atoms with E-state index in [1.807, 2.05) is 6.07 Å². The Hall–Kier alpha value is -1.84. The summed E-state index contributed by atoms with van der Waals surface area (Å²) in [4.78, 5) is 0.971. The molecular formula is C15H12FNO2S2. The number of nitriles is 1. The van der Waals surface area contributed by atoms with Gasteiger partial charge in [-0.05, 0) is 42.5 Å². The van der Waals surface area contributed by atoms with Crippen molar-refractivity contribution in [3.05, 3.63) is 59.9 Å². The van der Waals surface area contributed by atoms with Gasteiger partial charge in [0.1, 0.15) is 5.82 Å². The van der Waals surface area contributed by atoms with Crippen LogP contribution in [-0.2, 0) is 9.84 Å². The van der Waals surface area contributed by atoms with Gasteiger partial charge in [0.05, 0.1) is 22.3 Å². The molecule has 0 radical (unpaired) electrons. The van der Waals surface area contributed by atoms with Crippen LogP contribution in [0.25, 0.3) is 0 Å². The van der Waals surface area contributed by atoms with E-state index in [9.17, 15) is 12.8 Å². The molecule has 21 heavy (non-hydrogen) atoms. The van der Waals surface area contributed by atoms with Crippen LogP contribution in [0, 0.1) is 17.1 Å². The SMILES string of the molecule is N#Cc1cccc(S(=O)(=O)CCSc2ccc(F)cc2)c1. The Morgan fingerprint density at radius 3 is 2.52 bits per heavy atom. The zero-order valence-electron chi connectivity index (χ0n) is 11.0. The zero-order chi connectivity index (χ0) is 15.3. The van der Waals surface area contributed by atoms with Crippen molar-refractivity contribution in [2.75, 3.05) is 11.5 Å². The van der Waals surface area contributed by atoms with E-state index in [0.29, 0.717) is 11.3 Å². The molecule has 0 atom stereocenters. The first-order valence-electron chi connectivity index (χ1n) is 6.12. The second-order valence-electron chi connectivity index (χ2n) is 4.26. The third-order valence-electron chi connectivity index (χ3n) is 2.76. The maximum Gasteiger partial charge on any atom is 0.179 e. The van der Waals surface area contributed by atoms with Crippen molar-refractivity contribution in [2.24, 2.45) is 0 Å². The Labute approximate surface area is 127 Å². The van der Waals surface area contributed by atoms with Gasteiger partial charge >= 0.3 is 0 Å². The summed E-state index contributed by atoms with van der Waals surface area (Å²) >= 11 is 1.35. The number of halogens is 1. The van der Waals surface area contributed by atoms with Crippen molar-refractivity contribution in [1.29, 1.82) is 5.26 Å². The molecule has 6 heteroatoms. The van der Waals surface area contributed by atoms with Gasteiger partial charge in [0.25, 0.3) is 0 Å². The van der Waals surface area contributed by atoms with E-state index >= 15 is 0 Å². The number of nitrogens with zero attached hydrogens (tertiary/aromatic N) is 1. The van der Waals surface area contributed by atoms with Crippen molar-refractivity contribution in [2.45, 2.75) is 9.79 Å². The first kappa shape index (κ1) is 15.5. The normalized spacial score (nSPS) is 11.0. The molecule has 0 aromatic heterocycles. The molecule has 0 saturated heterocycles. The topological polar surface area (TPSA) is 57.9 Å². The minimum absolute atomic E-state index is 0.0378. The van der Waals surface area contributed by atoms with E-state index in [2.05, 4.69) is 0 Å². The summed E-state index contributed by atoms with van der Waals surface area (Å²) in [6, 6.07) is 13.8. The van der Waals surface area contributed by atoms with Crippen LogP contribution in [0.5, 0.6) is 0 Å². The molecule has 0 saturated carbocycles. The van der Waals surface area contributed by atoms with Crippen LogP contribution in [0.2, 0.25) is 0 Å². The highest BCUT2D eigenvalue weighted by atomic mass is 32.2. The summed E-state index contributed by atoms with van der Waals surface area (Å²) in [6.07, 6.45) is 0. The first-order valence-corrected chi connectivity index (χ1v) is 8.76. The lowest BCUT2D eigenvalue weighted by atomic mass is 10.2. The van der Waals surface area contributed by atoms with Gasteiger partial charge in [-0.3, -0.25) is 0 Å². The first-order chi connectivity index (χ1) is 10.0. The highest BCUT2D eigenvalue weighted by Gasteiger charge is 2.14. The van der Waals surface area contributed by atoms with E-state index in [1.165, 1.54) is 36.0 Å². The summed E-state index contributed by atoms with van der Waals surface area (Å²) in [5.74, 6) is 0.00887. The second-order valence-corrected chi connectivity index (χ2v) is 7.54. The predicted molar refractivity (Wildman–Crippen MR) is 80.3 cm³/mol. The zero-order valence-corrected chi connectivity index (χ0v) is 12.6. The van der Waals surface area contributed by atoms with Crippen molar-refractivity contribution < 1.29 is 12.8 Å². The van der Waals surface area contributed by atoms with Gasteiger partial charge in [0, 0.05) is 10.6 Å². The maximum absolute atomic E-state index is 12.8. The summed E-state index contributed by atoms with van der Waals surface area (Å²) in [5.41, 5.74) is 0.322. The average molecular weight is 321 g/mol. The van der Waals surface area contributed by atoms with Gasteiger partial charge in [-0.25, -0.2) is 12.8 Å². The fourth-order valence-corrected chi connectivity index (χ4v) is 4.28. The lowest BCUT2D eigenvalue weighted by Gasteiger charge is -2.05. The summed E-state index contributed by atoms with van der Waals surface area (Å²) in [7, 11) is -3.42. The minimum atomic E-state index is -3.42. The third kappa shape index (κ3) is 4.31. The molecule has 0 aliphatic carbocycles. The van der Waals surface area contributed by atoms with E-state index in [4.69, 9.17) is 5.26 Å². The number of thioether (sulfide) groups is 1. The number of rotatable bonds is 5. The number of benzene rings is 2. The smallest absolute Gasteiger partial charge is 0.179 e. The summed E-state index contributed by atoms with van der Waals surface area (Å²) in [6.45, 7) is 0. The molecule has 0 amide bonds. The van der Waals surface area contributed by atoms with Crippen LogP contribution in [0.3, 0.4) is 0 Å². The molecule has 0 unspecified atom stereocenters. The number of sulfone groups is 1. The monoisotopic (exact) mass is 321 g/mol. The van der Waals surface area contributed by atoms with Crippen LogP contribution >= 0.6 is 11.8 Å². The number of hydrogen-bond donors (Lipinski definition) is 0. The van der Waals surface area contributed by atoms with Crippen molar-refractivity contribution in [3.63, 3.8) is 0 Å². The van der Waals surface area contributed by atoms with E-state index in [1.54, 1.807) is 24.3 Å². The minimum Gasteiger partial charge on any atom is -0.224 e. The van der Waals surface area contributed by atoms with Crippen LogP contribution in [-0.4, -0.2) is 19.9 Å². The Morgan fingerprint density at radius 1 is 1.14 bits per heavy atom. The molecule has 2 rings (SSSR count). The van der Waals surface area contributed by atoms with E-state index in [0.717, 1.165) is 4.90 Å². The van der Waals surface area contributed by atoms with Crippen molar-refractivity contribution >= 4 is 21.6 Å². The van der Waals surface area contributed by atoms with Gasteiger partial charge in [-0.1, -0.05) is 6.07 Å². The van der Waals surface area contributed by atoms with Gasteiger partial charge < -0.3 is 0 Å². The Bertz CT molecular complexity index is 765. The summed E-state index contributed by atoms with van der Waals surface area (Å²) < 4.78 is 37.1. The van der Waals surface area contributed by atoms with Crippen LogP contribution in [0.15, 0.2) is 58.3 Å². The average Bonchev–Trinajstić information content (AvgIpc) is 2.49. The van der Waals surface area contributed by atoms with Crippen LogP contribution in [0.1, 0.15) is 5.56 Å². The highest BCUT2D eigenvalue weighted by Crippen LogP contribution is 2.20. The van der Waals surface area contributed by atoms with E-state index in [-0.39, 0.29) is 16.5 Å². The molecular weight excluding hydrogens is 309 g/mol. The largest absolute Gasteiger partial charge is 0.224 e. The molecule has 2 aromatic rings. The molecule has 0 spiro atoms. The molecule has 108 valence electrons. The molecule has 0 fully saturated rings. The molecule has 2 aromatic carbocycles. The van der Waals surface area contributed by atoms with E-state index < -0.39 is 9.84 Å². The lowest BCUT2D eigenvalue weighted by molar-refractivity contribution is 0.597. The second kappa shape index (κ2) is 6.74. The molecule has 0 N–H and O–H groups in total. The van der Waals surface area contributed by atoms with Gasteiger partial charge in [-0.15, -0.1) is 11.8 Å². The van der Waals surface area contributed by atoms with Crippen molar-refractivity contribution in [3.8, 4) is 6.07 Å². The Kier molecular flexibility index (Phi) is 4.99. The molecule has 0 heterocycles. The molecule has 0 aliphatic rings. The number of hydrogen-bond acceptors (Lipinski definition) is 4. The molecule has 0 aliphatic heterocycles. The fraction of sp³-hybridized carbons (Fsp3) is 0.133. The van der Waals surface area contributed by atoms with Gasteiger partial charge in [0.15, 0.2) is 9.84 Å². The van der Waals surface area contributed by atoms with Crippen LogP contribution < -0.4 is 0 Å². The quantitative estimate of drug-likeness (QED) is 0.793. The third-order valence-corrected chi connectivity index (χ3v) is 5.74. The molecule has 0 bridgehead atoms. The predicted octanol–water partition coefficient (Wildman–Crippen LogP) is 3.26. The fourth-order valence-electron chi connectivity index (χ4n) is 1.68. The maximum atomic E-state index is 12.8.